The molecule has 194 valence electrons. The second-order valence-corrected chi connectivity index (χ2v) is 11.5. The Morgan fingerprint density at radius 3 is 2.60 bits per heavy atom. The molecule has 0 saturated carbocycles. The first-order chi connectivity index (χ1) is 15.8. The Labute approximate surface area is 204 Å². The monoisotopic (exact) mass is 514 g/mol. The summed E-state index contributed by atoms with van der Waals surface area (Å²) < 4.78 is 64.2. The highest BCUT2D eigenvalue weighted by molar-refractivity contribution is 7.89. The van der Waals surface area contributed by atoms with E-state index in [0.717, 1.165) is 34.1 Å². The van der Waals surface area contributed by atoms with Crippen molar-refractivity contribution >= 4 is 16.1 Å². The van der Waals surface area contributed by atoms with Crippen molar-refractivity contribution in [1.82, 2.24) is 19.4 Å². The van der Waals surface area contributed by atoms with E-state index in [4.69, 9.17) is 9.47 Å². The van der Waals surface area contributed by atoms with E-state index >= 15 is 0 Å². The van der Waals surface area contributed by atoms with Crippen LogP contribution in [0.4, 0.5) is 13.6 Å². The van der Waals surface area contributed by atoms with Crippen molar-refractivity contribution in [3.63, 3.8) is 0 Å². The summed E-state index contributed by atoms with van der Waals surface area (Å²) >= 11 is 0. The third kappa shape index (κ3) is 6.17. The first-order valence-electron chi connectivity index (χ1n) is 10.9. The SMILES string of the molecule is C.CC(C)(C)OC(=O)N[C@H]1C[C@H](N2Cc3cn(S(C)(=O)=O)nc3C2)CO[C@@H]1c1cc(F)ccc1F. The van der Waals surface area contributed by atoms with Gasteiger partial charge in [-0.15, -0.1) is 0 Å². The predicted molar refractivity (Wildman–Crippen MR) is 125 cm³/mol. The van der Waals surface area contributed by atoms with Gasteiger partial charge in [0, 0.05) is 36.5 Å². The molecule has 3 atom stereocenters. The number of carbonyl (C=O) groups excluding carboxylic acids is 1. The number of fused-ring (bicyclic) bond motifs is 1. The summed E-state index contributed by atoms with van der Waals surface area (Å²) in [6.07, 6.45) is 1.38. The Hall–Kier alpha value is -2.57. The highest BCUT2D eigenvalue weighted by Crippen LogP contribution is 2.35. The van der Waals surface area contributed by atoms with E-state index in [2.05, 4.69) is 15.3 Å². The van der Waals surface area contributed by atoms with Gasteiger partial charge in [0.15, 0.2) is 0 Å². The topological polar surface area (TPSA) is 103 Å². The van der Waals surface area contributed by atoms with E-state index in [9.17, 15) is 22.0 Å². The van der Waals surface area contributed by atoms with Gasteiger partial charge in [0.05, 0.1) is 24.6 Å². The second kappa shape index (κ2) is 9.82. The lowest BCUT2D eigenvalue weighted by Crippen LogP contribution is -2.52. The van der Waals surface area contributed by atoms with Crippen LogP contribution in [0.5, 0.6) is 0 Å². The van der Waals surface area contributed by atoms with Crippen molar-refractivity contribution in [2.24, 2.45) is 0 Å². The highest BCUT2D eigenvalue weighted by atomic mass is 32.2. The number of nitrogens with one attached hydrogen (secondary N) is 1. The molecule has 2 aliphatic heterocycles. The van der Waals surface area contributed by atoms with Gasteiger partial charge in [0.25, 0.3) is 10.0 Å². The minimum absolute atomic E-state index is 0. The molecule has 2 aliphatic rings. The maximum Gasteiger partial charge on any atom is 0.407 e. The normalized spacial score (nSPS) is 22.9. The lowest BCUT2D eigenvalue weighted by atomic mass is 9.92. The molecule has 1 fully saturated rings. The summed E-state index contributed by atoms with van der Waals surface area (Å²) in [5.74, 6) is -1.23. The van der Waals surface area contributed by atoms with Crippen molar-refractivity contribution in [2.45, 2.75) is 71.5 Å². The van der Waals surface area contributed by atoms with Crippen LogP contribution in [0.2, 0.25) is 0 Å². The number of benzene rings is 1. The lowest BCUT2D eigenvalue weighted by molar-refractivity contribution is -0.0629. The average Bonchev–Trinajstić information content (AvgIpc) is 3.28. The number of carbonyl (C=O) groups is 1. The number of nitrogens with zero attached hydrogens (tertiary/aromatic N) is 3. The predicted octanol–water partition coefficient (Wildman–Crippen LogP) is 3.34. The van der Waals surface area contributed by atoms with E-state index in [1.54, 1.807) is 20.8 Å². The summed E-state index contributed by atoms with van der Waals surface area (Å²) in [7, 11) is -3.47. The van der Waals surface area contributed by atoms with Crippen LogP contribution in [-0.2, 0) is 32.6 Å². The van der Waals surface area contributed by atoms with E-state index in [0.29, 0.717) is 25.2 Å². The van der Waals surface area contributed by atoms with Crippen LogP contribution < -0.4 is 5.32 Å². The third-order valence-corrected chi connectivity index (χ3v) is 6.63. The molecule has 1 N–H and O–H groups in total. The van der Waals surface area contributed by atoms with Crippen molar-refractivity contribution in [3.8, 4) is 0 Å². The number of alkyl carbamates (subject to hydrolysis) is 1. The molecule has 35 heavy (non-hydrogen) atoms. The van der Waals surface area contributed by atoms with Crippen LogP contribution in [0, 0.1) is 11.6 Å². The first-order valence-corrected chi connectivity index (χ1v) is 12.7. The number of amides is 1. The summed E-state index contributed by atoms with van der Waals surface area (Å²) in [5.41, 5.74) is 0.732. The van der Waals surface area contributed by atoms with Gasteiger partial charge in [-0.25, -0.2) is 22.0 Å². The molecule has 3 heterocycles. The van der Waals surface area contributed by atoms with Crippen molar-refractivity contribution in [2.75, 3.05) is 12.9 Å². The maximum absolute atomic E-state index is 14.5. The Balaban J connectivity index is 0.00000342. The number of hydrogen-bond donors (Lipinski definition) is 1. The minimum Gasteiger partial charge on any atom is -0.444 e. The fraction of sp³-hybridized carbons (Fsp3) is 0.565. The van der Waals surface area contributed by atoms with Crippen LogP contribution in [0.25, 0.3) is 0 Å². The zero-order valence-electron chi connectivity index (χ0n) is 19.4. The van der Waals surface area contributed by atoms with Gasteiger partial charge in [-0.05, 0) is 45.4 Å². The lowest BCUT2D eigenvalue weighted by Gasteiger charge is -2.40. The molecule has 1 aromatic heterocycles. The molecule has 1 aromatic carbocycles. The smallest absolute Gasteiger partial charge is 0.407 e. The fourth-order valence-corrected chi connectivity index (χ4v) is 4.85. The molecule has 1 saturated heterocycles. The first kappa shape index (κ1) is 27.0. The van der Waals surface area contributed by atoms with E-state index in [-0.39, 0.29) is 25.6 Å². The summed E-state index contributed by atoms with van der Waals surface area (Å²) in [4.78, 5) is 14.6. The molecular weight excluding hydrogens is 482 g/mol. The largest absolute Gasteiger partial charge is 0.444 e. The van der Waals surface area contributed by atoms with E-state index in [1.165, 1.54) is 6.20 Å². The quantitative estimate of drug-likeness (QED) is 0.668. The van der Waals surface area contributed by atoms with Crippen molar-refractivity contribution < 1.29 is 31.5 Å². The molecule has 1 amide bonds. The standard InChI is InChI=1S/C22H28F2N4O5S.CH4/c1-22(2,3)33-21(29)25-18-8-15(12-32-20(18)16-7-14(23)5-6-17(16)24)27-9-13-10-28(34(4,30)31)26-19(13)11-27;/h5-7,10,15,18,20H,8-9,11-12H2,1-4H3,(H,25,29);1H4/t15-,18-,20+;/m0./s1. The Kier molecular flexibility index (Phi) is 7.59. The van der Waals surface area contributed by atoms with E-state index < -0.39 is 45.5 Å². The Morgan fingerprint density at radius 1 is 1.26 bits per heavy atom. The van der Waals surface area contributed by atoms with Crippen LogP contribution in [0.15, 0.2) is 24.4 Å². The zero-order chi connectivity index (χ0) is 24.8. The van der Waals surface area contributed by atoms with Gasteiger partial charge in [-0.1, -0.05) is 7.43 Å². The Bertz CT molecular complexity index is 1170. The number of aromatic nitrogens is 2. The molecule has 0 aliphatic carbocycles. The summed E-state index contributed by atoms with van der Waals surface area (Å²) in [5, 5.41) is 6.93. The molecule has 0 unspecified atom stereocenters. The number of ether oxygens (including phenoxy) is 2. The average molecular weight is 515 g/mol. The molecule has 12 heteroatoms. The van der Waals surface area contributed by atoms with Gasteiger partial charge < -0.3 is 14.8 Å². The molecule has 9 nitrogen and oxygen atoms in total. The third-order valence-electron chi connectivity index (χ3n) is 5.77. The highest BCUT2D eigenvalue weighted by Gasteiger charge is 2.40. The van der Waals surface area contributed by atoms with Crippen LogP contribution >= 0.6 is 0 Å². The molecule has 2 aromatic rings. The van der Waals surface area contributed by atoms with E-state index in [1.807, 2.05) is 0 Å². The van der Waals surface area contributed by atoms with Gasteiger partial charge in [0.2, 0.25) is 0 Å². The minimum atomic E-state index is -3.47. The second-order valence-electron chi connectivity index (χ2n) is 9.70. The number of hydrogen-bond acceptors (Lipinski definition) is 7. The van der Waals surface area contributed by atoms with Gasteiger partial charge in [-0.3, -0.25) is 4.90 Å². The molecule has 0 spiro atoms. The Morgan fingerprint density at radius 2 is 1.97 bits per heavy atom. The number of halogens is 2. The van der Waals surface area contributed by atoms with Gasteiger partial charge >= 0.3 is 6.09 Å². The van der Waals surface area contributed by atoms with Gasteiger partial charge in [0.1, 0.15) is 23.3 Å². The fourth-order valence-electron chi connectivity index (χ4n) is 4.28. The maximum atomic E-state index is 14.5. The molecular formula is C23H32F2N4O5S. The molecule has 0 radical (unpaired) electrons. The van der Waals surface area contributed by atoms with Crippen LogP contribution in [-0.4, -0.2) is 59.1 Å². The molecule has 0 bridgehead atoms. The number of rotatable bonds is 4. The van der Waals surface area contributed by atoms with Crippen molar-refractivity contribution in [1.29, 1.82) is 0 Å². The van der Waals surface area contributed by atoms with Gasteiger partial charge in [-0.2, -0.15) is 9.19 Å². The summed E-state index contributed by atoms with van der Waals surface area (Å²) in [6, 6.07) is 2.27. The van der Waals surface area contributed by atoms with Crippen molar-refractivity contribution in [3.05, 3.63) is 52.9 Å². The van der Waals surface area contributed by atoms with Crippen LogP contribution in [0.1, 0.15) is 57.5 Å². The van der Waals surface area contributed by atoms with Crippen LogP contribution in [0.3, 0.4) is 0 Å². The zero-order valence-corrected chi connectivity index (χ0v) is 20.2. The molecule has 4 rings (SSSR count). The summed E-state index contributed by atoms with van der Waals surface area (Å²) in [6.45, 7) is 6.26.